The molecule has 1 aliphatic rings. The molecule has 0 saturated carbocycles. The average Bonchev–Trinajstić information content (AvgIpc) is 2.34. The number of carbonyl (C=O) groups is 2. The lowest BCUT2D eigenvalue weighted by molar-refractivity contribution is -0.145. The quantitative estimate of drug-likeness (QED) is 0.605. The molecule has 5 nitrogen and oxygen atoms in total. The molecule has 2 amide bonds. The molecule has 3 N–H and O–H groups in total. The second-order valence-corrected chi connectivity index (χ2v) is 3.88. The van der Waals surface area contributed by atoms with E-state index >= 15 is 0 Å². The summed E-state index contributed by atoms with van der Waals surface area (Å²) >= 11 is 1.63. The Morgan fingerprint density at radius 1 is 1.54 bits per heavy atom. The van der Waals surface area contributed by atoms with Crippen LogP contribution in [0.5, 0.6) is 0 Å². The summed E-state index contributed by atoms with van der Waals surface area (Å²) < 4.78 is 4.99. The monoisotopic (exact) mass is 204 g/mol. The Balaban J connectivity index is 2.43. The number of primary amides is 1. The number of nitrogens with two attached hydrogens (primary N) is 1. The Hall–Kier alpha value is -0.910. The fourth-order valence-electron chi connectivity index (χ4n) is 1.18. The Morgan fingerprint density at radius 2 is 2.23 bits per heavy atom. The van der Waals surface area contributed by atoms with Crippen molar-refractivity contribution >= 4 is 23.8 Å². The third-order valence-electron chi connectivity index (χ3n) is 1.67. The topological polar surface area (TPSA) is 81.4 Å². The van der Waals surface area contributed by atoms with Crippen molar-refractivity contribution in [2.45, 2.75) is 19.1 Å². The highest BCUT2D eigenvalue weighted by atomic mass is 32.2. The summed E-state index contributed by atoms with van der Waals surface area (Å²) in [6, 6.07) is -0.726. The summed E-state index contributed by atoms with van der Waals surface area (Å²) in [6.07, 6.45) is -0.241. The van der Waals surface area contributed by atoms with Gasteiger partial charge >= 0.3 is 12.0 Å². The molecular weight excluding hydrogens is 192 g/mol. The molecule has 0 aromatic heterocycles. The van der Waals surface area contributed by atoms with Crippen molar-refractivity contribution in [3.8, 4) is 0 Å². The predicted octanol–water partition coefficient (Wildman–Crippen LogP) is -0.298. The highest BCUT2D eigenvalue weighted by molar-refractivity contribution is 7.99. The smallest absolute Gasteiger partial charge is 0.312 e. The molecular formula is C7H12N2O3S. The highest BCUT2D eigenvalue weighted by Crippen LogP contribution is 2.20. The summed E-state index contributed by atoms with van der Waals surface area (Å²) in [7, 11) is 0. The standard InChI is InChI=1S/C7H12N2O3S/c1-4(10)12-6-3-13-2-5(6)9-7(8)11/h5-6H,2-3H2,1H3,(H3,8,9,11)/t5-,6?/m0/s1. The maximum Gasteiger partial charge on any atom is 0.312 e. The lowest BCUT2D eigenvalue weighted by atomic mass is 10.2. The van der Waals surface area contributed by atoms with Crippen molar-refractivity contribution in [3.05, 3.63) is 0 Å². The van der Waals surface area contributed by atoms with Crippen LogP contribution in [0.2, 0.25) is 0 Å². The van der Waals surface area contributed by atoms with Crippen molar-refractivity contribution in [1.29, 1.82) is 0 Å². The van der Waals surface area contributed by atoms with Gasteiger partial charge in [0.15, 0.2) is 0 Å². The molecule has 0 aromatic rings. The van der Waals surface area contributed by atoms with Crippen LogP contribution in [0, 0.1) is 0 Å². The predicted molar refractivity (Wildman–Crippen MR) is 49.4 cm³/mol. The number of hydrogen-bond donors (Lipinski definition) is 2. The van der Waals surface area contributed by atoms with Crippen LogP contribution in [0.25, 0.3) is 0 Å². The SMILES string of the molecule is CC(=O)OC1CSC[C@@H]1NC(N)=O. The highest BCUT2D eigenvalue weighted by Gasteiger charge is 2.30. The molecule has 2 atom stereocenters. The first-order valence-corrected chi connectivity index (χ1v) is 5.06. The number of esters is 1. The second-order valence-electron chi connectivity index (χ2n) is 2.80. The second kappa shape index (κ2) is 4.36. The maximum absolute atomic E-state index is 10.7. The summed E-state index contributed by atoms with van der Waals surface area (Å²) in [5.41, 5.74) is 4.97. The van der Waals surface area contributed by atoms with E-state index in [4.69, 9.17) is 10.5 Å². The van der Waals surface area contributed by atoms with E-state index in [1.54, 1.807) is 11.8 Å². The minimum absolute atomic E-state index is 0.147. The Kier molecular flexibility index (Phi) is 3.41. The van der Waals surface area contributed by atoms with Crippen LogP contribution in [-0.4, -0.2) is 35.7 Å². The van der Waals surface area contributed by atoms with E-state index in [9.17, 15) is 9.59 Å². The molecule has 0 bridgehead atoms. The van der Waals surface area contributed by atoms with E-state index < -0.39 is 6.03 Å². The van der Waals surface area contributed by atoms with Crippen LogP contribution in [0.15, 0.2) is 0 Å². The van der Waals surface area contributed by atoms with Gasteiger partial charge in [0.1, 0.15) is 6.10 Å². The van der Waals surface area contributed by atoms with Crippen molar-refractivity contribution in [1.82, 2.24) is 5.32 Å². The molecule has 0 spiro atoms. The normalized spacial score (nSPS) is 26.8. The number of amides is 2. The number of hydrogen-bond acceptors (Lipinski definition) is 4. The third kappa shape index (κ3) is 3.14. The van der Waals surface area contributed by atoms with Crippen molar-refractivity contribution in [2.75, 3.05) is 11.5 Å². The number of ether oxygens (including phenoxy) is 1. The van der Waals surface area contributed by atoms with E-state index in [0.717, 1.165) is 5.75 Å². The molecule has 13 heavy (non-hydrogen) atoms. The molecule has 0 aromatic carbocycles. The van der Waals surface area contributed by atoms with Crippen LogP contribution >= 0.6 is 11.8 Å². The van der Waals surface area contributed by atoms with Gasteiger partial charge in [0.2, 0.25) is 0 Å². The van der Waals surface area contributed by atoms with Gasteiger partial charge < -0.3 is 15.8 Å². The van der Waals surface area contributed by atoms with E-state index in [1.165, 1.54) is 6.92 Å². The fourth-order valence-corrected chi connectivity index (χ4v) is 2.40. The number of thioether (sulfide) groups is 1. The van der Waals surface area contributed by atoms with Crippen molar-refractivity contribution in [3.63, 3.8) is 0 Å². The zero-order chi connectivity index (χ0) is 9.84. The van der Waals surface area contributed by atoms with Crippen molar-refractivity contribution < 1.29 is 14.3 Å². The molecule has 1 aliphatic heterocycles. The number of rotatable bonds is 2. The fraction of sp³-hybridized carbons (Fsp3) is 0.714. The molecule has 1 heterocycles. The summed E-state index contributed by atoms with van der Waals surface area (Å²) in [4.78, 5) is 21.2. The lowest BCUT2D eigenvalue weighted by Gasteiger charge is -2.18. The van der Waals surface area contributed by atoms with Crippen LogP contribution < -0.4 is 11.1 Å². The molecule has 1 unspecified atom stereocenters. The average molecular weight is 204 g/mol. The maximum atomic E-state index is 10.7. The van der Waals surface area contributed by atoms with Gasteiger partial charge in [0.05, 0.1) is 6.04 Å². The molecule has 0 radical (unpaired) electrons. The summed E-state index contributed by atoms with van der Waals surface area (Å²) in [5, 5.41) is 2.54. The number of carbonyl (C=O) groups excluding carboxylic acids is 2. The summed E-state index contributed by atoms with van der Waals surface area (Å²) in [6.45, 7) is 1.35. The Morgan fingerprint density at radius 3 is 2.77 bits per heavy atom. The van der Waals surface area contributed by atoms with Gasteiger partial charge in [-0.2, -0.15) is 11.8 Å². The molecule has 1 fully saturated rings. The first kappa shape index (κ1) is 10.2. The largest absolute Gasteiger partial charge is 0.459 e. The lowest BCUT2D eigenvalue weighted by Crippen LogP contribution is -2.46. The van der Waals surface area contributed by atoms with Gasteiger partial charge in [-0.15, -0.1) is 0 Å². The number of urea groups is 1. The molecule has 1 saturated heterocycles. The summed E-state index contributed by atoms with van der Waals surface area (Å²) in [5.74, 6) is 1.12. The Labute approximate surface area is 80.4 Å². The van der Waals surface area contributed by atoms with Crippen LogP contribution in [0.1, 0.15) is 6.92 Å². The molecule has 1 rings (SSSR count). The first-order chi connectivity index (χ1) is 6.09. The molecule has 6 heteroatoms. The molecule has 74 valence electrons. The van der Waals surface area contributed by atoms with Gasteiger partial charge in [0.25, 0.3) is 0 Å². The van der Waals surface area contributed by atoms with E-state index in [0.29, 0.717) is 5.75 Å². The minimum atomic E-state index is -0.579. The van der Waals surface area contributed by atoms with Crippen LogP contribution in [-0.2, 0) is 9.53 Å². The van der Waals surface area contributed by atoms with Gasteiger partial charge in [-0.25, -0.2) is 4.79 Å². The van der Waals surface area contributed by atoms with Gasteiger partial charge in [-0.1, -0.05) is 0 Å². The first-order valence-electron chi connectivity index (χ1n) is 3.90. The minimum Gasteiger partial charge on any atom is -0.459 e. The van der Waals surface area contributed by atoms with E-state index in [1.807, 2.05) is 0 Å². The van der Waals surface area contributed by atoms with E-state index in [-0.39, 0.29) is 18.1 Å². The number of nitrogens with one attached hydrogen (secondary N) is 1. The van der Waals surface area contributed by atoms with Crippen LogP contribution in [0.3, 0.4) is 0 Å². The third-order valence-corrected chi connectivity index (χ3v) is 2.83. The van der Waals surface area contributed by atoms with Gasteiger partial charge in [0, 0.05) is 18.4 Å². The van der Waals surface area contributed by atoms with Gasteiger partial charge in [-0.3, -0.25) is 4.79 Å². The Bertz CT molecular complexity index is 200. The zero-order valence-electron chi connectivity index (χ0n) is 7.28. The molecule has 0 aliphatic carbocycles. The zero-order valence-corrected chi connectivity index (χ0v) is 8.10. The van der Waals surface area contributed by atoms with Gasteiger partial charge in [-0.05, 0) is 0 Å². The van der Waals surface area contributed by atoms with Crippen molar-refractivity contribution in [2.24, 2.45) is 5.73 Å². The van der Waals surface area contributed by atoms with E-state index in [2.05, 4.69) is 5.32 Å². The van der Waals surface area contributed by atoms with Crippen LogP contribution in [0.4, 0.5) is 4.79 Å².